The lowest BCUT2D eigenvalue weighted by Crippen LogP contribution is -2.37. The summed E-state index contributed by atoms with van der Waals surface area (Å²) in [5.41, 5.74) is 2.61. The zero-order valence-electron chi connectivity index (χ0n) is 10.8. The van der Waals surface area contributed by atoms with Gasteiger partial charge in [-0.25, -0.2) is 4.39 Å². The Morgan fingerprint density at radius 2 is 1.95 bits per heavy atom. The Labute approximate surface area is 120 Å². The summed E-state index contributed by atoms with van der Waals surface area (Å²) in [5.74, 6) is 0.606. The van der Waals surface area contributed by atoms with Crippen molar-refractivity contribution in [3.63, 3.8) is 0 Å². The zero-order valence-corrected chi connectivity index (χ0v) is 11.7. The highest BCUT2D eigenvalue weighted by molar-refractivity contribution is 7.98. The lowest BCUT2D eigenvalue weighted by atomic mass is 10.2. The van der Waals surface area contributed by atoms with E-state index < -0.39 is 0 Å². The molecule has 0 fully saturated rings. The first-order chi connectivity index (χ1) is 9.65. The molecule has 0 amide bonds. The molecule has 5 heteroatoms. The smallest absolute Gasteiger partial charge is 0.295 e. The van der Waals surface area contributed by atoms with Crippen molar-refractivity contribution in [2.75, 3.05) is 0 Å². The Bertz CT molecular complexity index is 643. The summed E-state index contributed by atoms with van der Waals surface area (Å²) in [6.45, 7) is 0. The summed E-state index contributed by atoms with van der Waals surface area (Å²) >= 11 is 1.42. The molecule has 0 unspecified atom stereocenters. The van der Waals surface area contributed by atoms with Crippen LogP contribution in [-0.4, -0.2) is 10.3 Å². The summed E-state index contributed by atoms with van der Waals surface area (Å²) < 4.78 is 14.0. The molecule has 0 saturated heterocycles. The molecule has 0 bridgehead atoms. The first kappa shape index (κ1) is 13.2. The van der Waals surface area contributed by atoms with Gasteiger partial charge < -0.3 is 5.11 Å². The molecule has 2 N–H and O–H groups in total. The van der Waals surface area contributed by atoms with E-state index >= 15 is 0 Å². The molecule has 1 heterocycles. The average molecular weight is 292 g/mol. The van der Waals surface area contributed by atoms with Gasteiger partial charge in [-0.2, -0.15) is 0 Å². The van der Waals surface area contributed by atoms with Gasteiger partial charge in [-0.05, 0) is 42.3 Å². The number of rotatable bonds is 3. The minimum absolute atomic E-state index is 0.254. The van der Waals surface area contributed by atoms with Gasteiger partial charge in [-0.1, -0.05) is 12.1 Å². The molecule has 0 saturated carbocycles. The van der Waals surface area contributed by atoms with Crippen molar-refractivity contribution in [3.8, 4) is 5.75 Å². The monoisotopic (exact) mass is 292 g/mol. The highest BCUT2D eigenvalue weighted by Crippen LogP contribution is 2.31. The minimum atomic E-state index is -0.258. The van der Waals surface area contributed by atoms with Gasteiger partial charge in [0.2, 0.25) is 5.69 Å². The van der Waals surface area contributed by atoms with Gasteiger partial charge in [0, 0.05) is 16.9 Å². The molecule has 20 heavy (non-hydrogen) atoms. The molecule has 104 valence electrons. The predicted molar refractivity (Wildman–Crippen MR) is 73.5 cm³/mol. The van der Waals surface area contributed by atoms with Crippen LogP contribution < -0.4 is 4.73 Å². The van der Waals surface area contributed by atoms with Crippen LogP contribution in [0, 0.1) is 5.82 Å². The first-order valence-electron chi connectivity index (χ1n) is 6.51. The molecule has 2 aromatic rings. The second-order valence-electron chi connectivity index (χ2n) is 4.87. The molecule has 3 nitrogen and oxygen atoms in total. The second-order valence-corrected chi connectivity index (χ2v) is 5.87. The number of nitrogens with zero attached hydrogens (tertiary/aromatic N) is 1. The van der Waals surface area contributed by atoms with E-state index in [1.165, 1.54) is 28.6 Å². The molecule has 1 aliphatic carbocycles. The maximum atomic E-state index is 12.8. The number of thioether (sulfide) groups is 1. The van der Waals surface area contributed by atoms with Gasteiger partial charge in [-0.3, -0.25) is 5.21 Å². The predicted octanol–water partition coefficient (Wildman–Crippen LogP) is 2.84. The van der Waals surface area contributed by atoms with Gasteiger partial charge >= 0.3 is 0 Å². The fourth-order valence-corrected chi connectivity index (χ4v) is 3.41. The second kappa shape index (κ2) is 5.32. The van der Waals surface area contributed by atoms with Gasteiger partial charge in [0.1, 0.15) is 11.6 Å². The van der Waals surface area contributed by atoms with Crippen molar-refractivity contribution in [2.24, 2.45) is 0 Å². The maximum absolute atomic E-state index is 12.8. The highest BCUT2D eigenvalue weighted by atomic mass is 32.2. The Morgan fingerprint density at radius 1 is 1.20 bits per heavy atom. The van der Waals surface area contributed by atoms with Crippen LogP contribution in [0.5, 0.6) is 5.75 Å². The lowest BCUT2D eigenvalue weighted by Gasteiger charge is -2.04. The van der Waals surface area contributed by atoms with E-state index in [2.05, 4.69) is 0 Å². The molecule has 0 atom stereocenters. The highest BCUT2D eigenvalue weighted by Gasteiger charge is 2.29. The third-order valence-corrected chi connectivity index (χ3v) is 4.59. The van der Waals surface area contributed by atoms with Crippen LogP contribution >= 0.6 is 11.8 Å². The Hall–Kier alpha value is -1.75. The minimum Gasteiger partial charge on any atom is -0.507 e. The number of pyridine rings is 1. The third-order valence-electron chi connectivity index (χ3n) is 3.52. The van der Waals surface area contributed by atoms with E-state index in [4.69, 9.17) is 0 Å². The number of aromatic nitrogens is 1. The molecule has 1 aliphatic rings. The van der Waals surface area contributed by atoms with Crippen molar-refractivity contribution in [3.05, 3.63) is 53.0 Å². The number of benzene rings is 1. The number of hydrogen-bond acceptors (Lipinski definition) is 3. The SMILES string of the molecule is Oc1cc(SCc2ccc(F)cc2)[n+](O)c2c1CCC2. The third kappa shape index (κ3) is 2.45. The number of hydrogen-bond donors (Lipinski definition) is 2. The normalized spacial score (nSPS) is 13.4. The van der Waals surface area contributed by atoms with E-state index in [1.54, 1.807) is 18.2 Å². The fourth-order valence-electron chi connectivity index (χ4n) is 2.48. The van der Waals surface area contributed by atoms with Crippen LogP contribution in [0.3, 0.4) is 0 Å². The maximum Gasteiger partial charge on any atom is 0.295 e. The van der Waals surface area contributed by atoms with Crippen molar-refractivity contribution < 1.29 is 19.4 Å². The molecular weight excluding hydrogens is 277 g/mol. The van der Waals surface area contributed by atoms with Gasteiger partial charge in [0.05, 0.1) is 11.6 Å². The van der Waals surface area contributed by atoms with Gasteiger partial charge in [-0.15, -0.1) is 0 Å². The largest absolute Gasteiger partial charge is 0.507 e. The summed E-state index contributed by atoms with van der Waals surface area (Å²) in [6, 6.07) is 7.87. The van der Waals surface area contributed by atoms with E-state index in [1.807, 2.05) is 0 Å². The molecule has 3 rings (SSSR count). The number of aromatic hydroxyl groups is 1. The Balaban J connectivity index is 1.81. The van der Waals surface area contributed by atoms with Crippen LogP contribution in [0.4, 0.5) is 4.39 Å². The quantitative estimate of drug-likeness (QED) is 0.519. The standard InChI is InChI=1S/C15H14FNO2S/c16-11-6-4-10(5-7-11)9-20-15-8-14(18)12-2-1-3-13(12)17(15)19/h4-8,19H,1-3,9H2/p+1. The van der Waals surface area contributed by atoms with E-state index in [9.17, 15) is 14.7 Å². The topological polar surface area (TPSA) is 44.3 Å². The molecular formula is C15H15FNO2S+. The fraction of sp³-hybridized carbons (Fsp3) is 0.267. The molecule has 0 aliphatic heterocycles. The van der Waals surface area contributed by atoms with Crippen molar-refractivity contribution in [2.45, 2.75) is 30.0 Å². The zero-order chi connectivity index (χ0) is 14.1. The van der Waals surface area contributed by atoms with Crippen LogP contribution in [0.1, 0.15) is 23.2 Å². The Morgan fingerprint density at radius 3 is 2.70 bits per heavy atom. The van der Waals surface area contributed by atoms with E-state index in [0.29, 0.717) is 10.8 Å². The summed E-state index contributed by atoms with van der Waals surface area (Å²) in [6.07, 6.45) is 2.55. The molecule has 1 aromatic heterocycles. The van der Waals surface area contributed by atoms with Crippen molar-refractivity contribution in [1.82, 2.24) is 0 Å². The van der Waals surface area contributed by atoms with Crippen molar-refractivity contribution in [1.29, 1.82) is 0 Å². The van der Waals surface area contributed by atoms with Gasteiger partial charge in [0.25, 0.3) is 5.03 Å². The summed E-state index contributed by atoms with van der Waals surface area (Å²) in [5, 5.41) is 20.8. The number of halogens is 1. The molecule has 0 spiro atoms. The van der Waals surface area contributed by atoms with Crippen molar-refractivity contribution >= 4 is 11.8 Å². The average Bonchev–Trinajstić information content (AvgIpc) is 2.93. The summed E-state index contributed by atoms with van der Waals surface area (Å²) in [4.78, 5) is 0. The van der Waals surface area contributed by atoms with Crippen LogP contribution in [-0.2, 0) is 18.6 Å². The molecule has 1 aromatic carbocycles. The molecule has 0 radical (unpaired) electrons. The van der Waals surface area contributed by atoms with Crippen LogP contribution in [0.25, 0.3) is 0 Å². The number of fused-ring (bicyclic) bond motifs is 1. The lowest BCUT2D eigenvalue weighted by molar-refractivity contribution is -0.936. The first-order valence-corrected chi connectivity index (χ1v) is 7.50. The van der Waals surface area contributed by atoms with Crippen LogP contribution in [0.2, 0.25) is 0 Å². The van der Waals surface area contributed by atoms with E-state index in [0.717, 1.165) is 36.1 Å². The summed E-state index contributed by atoms with van der Waals surface area (Å²) in [7, 11) is 0. The van der Waals surface area contributed by atoms with E-state index in [-0.39, 0.29) is 11.6 Å². The van der Waals surface area contributed by atoms with Crippen LogP contribution in [0.15, 0.2) is 35.4 Å². The van der Waals surface area contributed by atoms with Gasteiger partial charge in [0.15, 0.2) is 0 Å². The Kier molecular flexibility index (Phi) is 3.53.